The Kier molecular flexibility index (Phi) is 4.60. The van der Waals surface area contributed by atoms with Crippen molar-refractivity contribution in [3.63, 3.8) is 0 Å². The number of aromatic nitrogens is 3. The van der Waals surface area contributed by atoms with Crippen LogP contribution in [0.5, 0.6) is 0 Å². The second-order valence-corrected chi connectivity index (χ2v) is 4.97. The van der Waals surface area contributed by atoms with Crippen LogP contribution in [0.25, 0.3) is 0 Å². The van der Waals surface area contributed by atoms with Crippen LogP contribution in [0.3, 0.4) is 0 Å². The maximum absolute atomic E-state index is 13.3. The van der Waals surface area contributed by atoms with Crippen LogP contribution in [0, 0.1) is 11.6 Å². The van der Waals surface area contributed by atoms with Gasteiger partial charge in [-0.25, -0.2) is 8.78 Å². The van der Waals surface area contributed by atoms with Gasteiger partial charge in [0, 0.05) is 24.0 Å². The summed E-state index contributed by atoms with van der Waals surface area (Å²) in [7, 11) is 0. The van der Waals surface area contributed by atoms with Gasteiger partial charge in [-0.05, 0) is 31.2 Å². The van der Waals surface area contributed by atoms with Crippen molar-refractivity contribution >= 4 is 23.1 Å². The lowest BCUT2D eigenvalue weighted by atomic mass is 10.3. The predicted molar refractivity (Wildman–Crippen MR) is 88.6 cm³/mol. The molecule has 0 bridgehead atoms. The summed E-state index contributed by atoms with van der Waals surface area (Å²) >= 11 is 0. The maximum atomic E-state index is 13.3. The number of halogens is 2. The van der Waals surface area contributed by atoms with E-state index < -0.39 is 11.6 Å². The summed E-state index contributed by atoms with van der Waals surface area (Å²) < 4.78 is 26.3. The highest BCUT2D eigenvalue weighted by Crippen LogP contribution is 2.23. The molecule has 1 N–H and O–H groups in total. The molecule has 0 atom stereocenters. The standard InChI is InChI=1S/C17H15F2N5/c1-2-24(13-6-4-3-5-7-13)16-11-20-23-17(22-16)21-12-8-9-14(18)15(19)10-12/h3-11H,2H2,1H3,(H,21,22,23). The lowest BCUT2D eigenvalue weighted by molar-refractivity contribution is 0.509. The fourth-order valence-corrected chi connectivity index (χ4v) is 2.27. The molecule has 24 heavy (non-hydrogen) atoms. The van der Waals surface area contributed by atoms with E-state index in [0.717, 1.165) is 17.8 Å². The predicted octanol–water partition coefficient (Wildman–Crippen LogP) is 4.05. The molecular formula is C17H15F2N5. The summed E-state index contributed by atoms with van der Waals surface area (Å²) in [6.45, 7) is 2.69. The summed E-state index contributed by atoms with van der Waals surface area (Å²) in [6, 6.07) is 13.2. The number of para-hydroxylation sites is 1. The monoisotopic (exact) mass is 327 g/mol. The molecule has 3 rings (SSSR count). The van der Waals surface area contributed by atoms with E-state index in [4.69, 9.17) is 0 Å². The second-order valence-electron chi connectivity index (χ2n) is 4.97. The summed E-state index contributed by atoms with van der Waals surface area (Å²) in [5, 5.41) is 10.6. The zero-order valence-corrected chi connectivity index (χ0v) is 12.9. The molecule has 0 saturated carbocycles. The van der Waals surface area contributed by atoms with Crippen LogP contribution < -0.4 is 10.2 Å². The van der Waals surface area contributed by atoms with E-state index in [1.165, 1.54) is 6.07 Å². The van der Waals surface area contributed by atoms with E-state index in [-0.39, 0.29) is 5.95 Å². The molecule has 1 aromatic heterocycles. The third-order valence-corrected chi connectivity index (χ3v) is 3.38. The lowest BCUT2D eigenvalue weighted by Crippen LogP contribution is -2.18. The zero-order chi connectivity index (χ0) is 16.9. The van der Waals surface area contributed by atoms with Crippen molar-refractivity contribution in [2.75, 3.05) is 16.8 Å². The van der Waals surface area contributed by atoms with Gasteiger partial charge in [0.2, 0.25) is 5.95 Å². The molecule has 0 aliphatic heterocycles. The van der Waals surface area contributed by atoms with Crippen LogP contribution in [0.15, 0.2) is 54.7 Å². The number of rotatable bonds is 5. The van der Waals surface area contributed by atoms with E-state index in [1.807, 2.05) is 42.2 Å². The van der Waals surface area contributed by atoms with Gasteiger partial charge in [-0.15, -0.1) is 5.10 Å². The Labute approximate surface area is 138 Å². The van der Waals surface area contributed by atoms with Crippen LogP contribution >= 0.6 is 0 Å². The first-order valence-electron chi connectivity index (χ1n) is 7.41. The average molecular weight is 327 g/mol. The molecule has 0 aliphatic carbocycles. The summed E-state index contributed by atoms with van der Waals surface area (Å²) in [5.41, 5.74) is 1.31. The van der Waals surface area contributed by atoms with Crippen LogP contribution in [0.4, 0.5) is 31.9 Å². The SMILES string of the molecule is CCN(c1ccccc1)c1cnnc(Nc2ccc(F)c(F)c2)n1. The average Bonchev–Trinajstić information content (AvgIpc) is 2.60. The van der Waals surface area contributed by atoms with E-state index in [1.54, 1.807) is 6.20 Å². The van der Waals surface area contributed by atoms with E-state index in [0.29, 0.717) is 18.1 Å². The molecule has 0 aliphatic rings. The van der Waals surface area contributed by atoms with Crippen molar-refractivity contribution < 1.29 is 8.78 Å². The highest BCUT2D eigenvalue weighted by molar-refractivity contribution is 5.61. The third kappa shape index (κ3) is 3.45. The summed E-state index contributed by atoms with van der Waals surface area (Å²) in [4.78, 5) is 6.36. The molecule has 2 aromatic carbocycles. The molecule has 0 fully saturated rings. The molecule has 122 valence electrons. The number of hydrogen-bond donors (Lipinski definition) is 1. The fraction of sp³-hybridized carbons (Fsp3) is 0.118. The van der Waals surface area contributed by atoms with Gasteiger partial charge in [0.05, 0.1) is 6.20 Å². The Balaban J connectivity index is 1.86. The molecule has 0 saturated heterocycles. The Morgan fingerprint density at radius 2 is 1.83 bits per heavy atom. The topological polar surface area (TPSA) is 53.9 Å². The Bertz CT molecular complexity index is 826. The van der Waals surface area contributed by atoms with E-state index >= 15 is 0 Å². The molecule has 7 heteroatoms. The van der Waals surface area contributed by atoms with Crippen molar-refractivity contribution in [1.82, 2.24) is 15.2 Å². The van der Waals surface area contributed by atoms with Gasteiger partial charge in [0.1, 0.15) is 0 Å². The van der Waals surface area contributed by atoms with Crippen LogP contribution in [-0.4, -0.2) is 21.7 Å². The molecule has 5 nitrogen and oxygen atoms in total. The van der Waals surface area contributed by atoms with Crippen LogP contribution in [0.1, 0.15) is 6.92 Å². The van der Waals surface area contributed by atoms with Crippen molar-refractivity contribution in [2.24, 2.45) is 0 Å². The van der Waals surface area contributed by atoms with Gasteiger partial charge in [0.25, 0.3) is 0 Å². The molecule has 1 heterocycles. The fourth-order valence-electron chi connectivity index (χ4n) is 2.27. The quantitative estimate of drug-likeness (QED) is 0.766. The molecular weight excluding hydrogens is 312 g/mol. The number of benzene rings is 2. The summed E-state index contributed by atoms with van der Waals surface area (Å²) in [6.07, 6.45) is 1.55. The van der Waals surface area contributed by atoms with Gasteiger partial charge in [0.15, 0.2) is 17.5 Å². The number of anilines is 4. The third-order valence-electron chi connectivity index (χ3n) is 3.38. The Morgan fingerprint density at radius 3 is 2.54 bits per heavy atom. The van der Waals surface area contributed by atoms with Crippen molar-refractivity contribution in [2.45, 2.75) is 6.92 Å². The maximum Gasteiger partial charge on any atom is 0.249 e. The first-order chi connectivity index (χ1) is 11.7. The van der Waals surface area contributed by atoms with Gasteiger partial charge in [-0.2, -0.15) is 10.1 Å². The normalized spacial score (nSPS) is 10.5. The second kappa shape index (κ2) is 6.99. The first kappa shape index (κ1) is 15.8. The smallest absolute Gasteiger partial charge is 0.249 e. The van der Waals surface area contributed by atoms with Gasteiger partial charge >= 0.3 is 0 Å². The van der Waals surface area contributed by atoms with Gasteiger partial charge in [-0.3, -0.25) is 0 Å². The largest absolute Gasteiger partial charge is 0.325 e. The number of nitrogens with zero attached hydrogens (tertiary/aromatic N) is 4. The van der Waals surface area contributed by atoms with E-state index in [9.17, 15) is 8.78 Å². The minimum atomic E-state index is -0.941. The van der Waals surface area contributed by atoms with Gasteiger partial charge < -0.3 is 10.2 Å². The van der Waals surface area contributed by atoms with E-state index in [2.05, 4.69) is 20.5 Å². The molecule has 0 unspecified atom stereocenters. The van der Waals surface area contributed by atoms with Crippen molar-refractivity contribution in [1.29, 1.82) is 0 Å². The molecule has 0 spiro atoms. The highest BCUT2D eigenvalue weighted by Gasteiger charge is 2.11. The van der Waals surface area contributed by atoms with Gasteiger partial charge in [-0.1, -0.05) is 18.2 Å². The van der Waals surface area contributed by atoms with Crippen LogP contribution in [0.2, 0.25) is 0 Å². The molecule has 3 aromatic rings. The first-order valence-corrected chi connectivity index (χ1v) is 7.41. The molecule has 0 amide bonds. The Hall–Kier alpha value is -3.09. The minimum Gasteiger partial charge on any atom is -0.325 e. The molecule has 0 radical (unpaired) electrons. The number of nitrogens with one attached hydrogen (secondary N) is 1. The number of hydrogen-bond acceptors (Lipinski definition) is 5. The zero-order valence-electron chi connectivity index (χ0n) is 12.9. The summed E-state index contributed by atoms with van der Waals surface area (Å²) in [5.74, 6) is -1.05. The minimum absolute atomic E-state index is 0.202. The van der Waals surface area contributed by atoms with Crippen molar-refractivity contribution in [3.8, 4) is 0 Å². The Morgan fingerprint density at radius 1 is 1.04 bits per heavy atom. The lowest BCUT2D eigenvalue weighted by Gasteiger charge is -2.21. The highest BCUT2D eigenvalue weighted by atomic mass is 19.2. The van der Waals surface area contributed by atoms with Crippen LogP contribution in [-0.2, 0) is 0 Å². The van der Waals surface area contributed by atoms with Crippen molar-refractivity contribution in [3.05, 3.63) is 66.4 Å².